The molecule has 0 aliphatic carbocycles. The lowest BCUT2D eigenvalue weighted by molar-refractivity contribution is -0.385. The Morgan fingerprint density at radius 3 is 2.75 bits per heavy atom. The topological polar surface area (TPSA) is 73.8 Å². The predicted molar refractivity (Wildman–Crippen MR) is 79.8 cm³/mol. The Kier molecular flexibility index (Phi) is 4.49. The molecule has 0 radical (unpaired) electrons. The normalized spacial score (nSPS) is 10.8. The van der Waals surface area contributed by atoms with Crippen LogP contribution in [0.3, 0.4) is 0 Å². The fourth-order valence-corrected chi connectivity index (χ4v) is 2.57. The van der Waals surface area contributed by atoms with Crippen molar-refractivity contribution in [2.45, 2.75) is 32.1 Å². The predicted octanol–water partition coefficient (Wildman–Crippen LogP) is 3.47. The lowest BCUT2D eigenvalue weighted by Crippen LogP contribution is -2.05. The Morgan fingerprint density at radius 2 is 2.15 bits per heavy atom. The zero-order chi connectivity index (χ0) is 14.7. The number of hydrogen-bond acceptors (Lipinski definition) is 4. The van der Waals surface area contributed by atoms with Gasteiger partial charge in [-0.2, -0.15) is 0 Å². The highest BCUT2D eigenvalue weighted by Gasteiger charge is 2.19. The molecule has 0 N–H and O–H groups in total. The summed E-state index contributed by atoms with van der Waals surface area (Å²) in [6.45, 7) is 4.60. The van der Waals surface area contributed by atoms with Crippen LogP contribution in [0.5, 0.6) is 0 Å². The number of rotatable bonds is 5. The average molecular weight is 339 g/mol. The molecule has 0 atom stereocenters. The Morgan fingerprint density at radius 1 is 1.40 bits per heavy atom. The summed E-state index contributed by atoms with van der Waals surface area (Å²) in [4.78, 5) is 10.7. The molecule has 2 aromatic rings. The van der Waals surface area contributed by atoms with Crippen molar-refractivity contribution in [1.29, 1.82) is 0 Å². The van der Waals surface area contributed by atoms with Gasteiger partial charge in [0, 0.05) is 23.7 Å². The van der Waals surface area contributed by atoms with Gasteiger partial charge in [-0.15, -0.1) is 10.2 Å². The Balaban J connectivity index is 2.60. The molecule has 0 unspecified atom stereocenters. The summed E-state index contributed by atoms with van der Waals surface area (Å²) >= 11 is 3.39. The van der Waals surface area contributed by atoms with Crippen LogP contribution in [0.15, 0.2) is 18.2 Å². The van der Waals surface area contributed by atoms with Crippen LogP contribution in [0, 0.1) is 17.0 Å². The van der Waals surface area contributed by atoms with Gasteiger partial charge in [0.15, 0.2) is 5.82 Å². The summed E-state index contributed by atoms with van der Waals surface area (Å²) in [6.07, 6.45) is 0.943. The second kappa shape index (κ2) is 6.13. The van der Waals surface area contributed by atoms with E-state index in [9.17, 15) is 10.1 Å². The summed E-state index contributed by atoms with van der Waals surface area (Å²) in [6, 6.07) is 5.03. The SMILES string of the molecule is CCCn1c(CBr)nnc1-c1cccc([N+](=O)[O-])c1C. The van der Waals surface area contributed by atoms with E-state index in [2.05, 4.69) is 33.1 Å². The molecule has 0 aliphatic heterocycles. The first-order chi connectivity index (χ1) is 9.60. The molecule has 0 bridgehead atoms. The molecular formula is C13H15BrN4O2. The van der Waals surface area contributed by atoms with E-state index in [0.29, 0.717) is 16.7 Å². The average Bonchev–Trinajstić information content (AvgIpc) is 2.82. The van der Waals surface area contributed by atoms with Crippen LogP contribution in [0.2, 0.25) is 0 Å². The third kappa shape index (κ3) is 2.58. The molecule has 106 valence electrons. The standard InChI is InChI=1S/C13H15BrN4O2/c1-3-7-17-12(8-14)15-16-13(17)10-5-4-6-11(9(10)2)18(19)20/h4-6H,3,7-8H2,1-2H3. The second-order valence-electron chi connectivity index (χ2n) is 4.43. The quantitative estimate of drug-likeness (QED) is 0.475. The third-order valence-corrected chi connectivity index (χ3v) is 3.64. The number of nitro groups is 1. The Hall–Kier alpha value is -1.76. The van der Waals surface area contributed by atoms with Gasteiger partial charge in [-0.25, -0.2) is 0 Å². The molecule has 1 aromatic carbocycles. The molecule has 1 heterocycles. The number of benzene rings is 1. The lowest BCUT2D eigenvalue weighted by Gasteiger charge is -2.09. The van der Waals surface area contributed by atoms with E-state index in [-0.39, 0.29) is 10.6 Å². The highest BCUT2D eigenvalue weighted by atomic mass is 79.9. The van der Waals surface area contributed by atoms with E-state index >= 15 is 0 Å². The molecule has 0 spiro atoms. The molecule has 7 heteroatoms. The van der Waals surface area contributed by atoms with Crippen molar-refractivity contribution in [2.24, 2.45) is 0 Å². The maximum Gasteiger partial charge on any atom is 0.273 e. The van der Waals surface area contributed by atoms with Crippen molar-refractivity contribution < 1.29 is 4.92 Å². The van der Waals surface area contributed by atoms with E-state index in [1.165, 1.54) is 6.07 Å². The van der Waals surface area contributed by atoms with E-state index in [1.54, 1.807) is 13.0 Å². The van der Waals surface area contributed by atoms with Crippen LogP contribution < -0.4 is 0 Å². The largest absolute Gasteiger partial charge is 0.310 e. The molecule has 20 heavy (non-hydrogen) atoms. The minimum Gasteiger partial charge on any atom is -0.310 e. The molecule has 0 amide bonds. The van der Waals surface area contributed by atoms with Crippen LogP contribution in [0.25, 0.3) is 11.4 Å². The van der Waals surface area contributed by atoms with Gasteiger partial charge in [-0.3, -0.25) is 10.1 Å². The van der Waals surface area contributed by atoms with Crippen molar-refractivity contribution in [3.63, 3.8) is 0 Å². The highest BCUT2D eigenvalue weighted by molar-refractivity contribution is 9.08. The maximum absolute atomic E-state index is 11.0. The molecule has 0 aliphatic rings. The summed E-state index contributed by atoms with van der Waals surface area (Å²) < 4.78 is 2.00. The van der Waals surface area contributed by atoms with Crippen molar-refractivity contribution in [3.8, 4) is 11.4 Å². The summed E-state index contributed by atoms with van der Waals surface area (Å²) in [7, 11) is 0. The molecule has 2 rings (SSSR count). The maximum atomic E-state index is 11.0. The lowest BCUT2D eigenvalue weighted by atomic mass is 10.1. The third-order valence-electron chi connectivity index (χ3n) is 3.14. The van der Waals surface area contributed by atoms with Crippen LogP contribution in [0.1, 0.15) is 24.7 Å². The number of halogens is 1. The fraction of sp³-hybridized carbons (Fsp3) is 0.385. The molecule has 1 aromatic heterocycles. The minimum absolute atomic E-state index is 0.106. The van der Waals surface area contributed by atoms with Gasteiger partial charge in [0.2, 0.25) is 0 Å². The van der Waals surface area contributed by atoms with Gasteiger partial charge in [0.05, 0.1) is 10.3 Å². The minimum atomic E-state index is -0.370. The van der Waals surface area contributed by atoms with Crippen molar-refractivity contribution in [2.75, 3.05) is 0 Å². The first-order valence-corrected chi connectivity index (χ1v) is 7.44. The Bertz CT molecular complexity index is 639. The molecule has 0 fully saturated rings. The van der Waals surface area contributed by atoms with Crippen molar-refractivity contribution >= 4 is 21.6 Å². The van der Waals surface area contributed by atoms with Gasteiger partial charge >= 0.3 is 0 Å². The first-order valence-electron chi connectivity index (χ1n) is 6.32. The zero-order valence-electron chi connectivity index (χ0n) is 11.3. The number of nitrogens with zero attached hydrogens (tertiary/aromatic N) is 4. The molecular weight excluding hydrogens is 324 g/mol. The van der Waals surface area contributed by atoms with Crippen molar-refractivity contribution in [1.82, 2.24) is 14.8 Å². The number of aromatic nitrogens is 3. The zero-order valence-corrected chi connectivity index (χ0v) is 12.9. The number of nitro benzene ring substituents is 1. The van der Waals surface area contributed by atoms with Gasteiger partial charge in [-0.1, -0.05) is 35.0 Å². The van der Waals surface area contributed by atoms with Gasteiger partial charge in [0.1, 0.15) is 5.82 Å². The van der Waals surface area contributed by atoms with E-state index in [0.717, 1.165) is 24.4 Å². The molecule has 0 saturated carbocycles. The van der Waals surface area contributed by atoms with E-state index < -0.39 is 0 Å². The number of hydrogen-bond donors (Lipinski definition) is 0. The van der Waals surface area contributed by atoms with Crippen LogP contribution in [-0.2, 0) is 11.9 Å². The van der Waals surface area contributed by atoms with E-state index in [4.69, 9.17) is 0 Å². The van der Waals surface area contributed by atoms with Gasteiger partial charge in [0.25, 0.3) is 5.69 Å². The monoisotopic (exact) mass is 338 g/mol. The first kappa shape index (κ1) is 14.6. The van der Waals surface area contributed by atoms with Crippen LogP contribution in [0.4, 0.5) is 5.69 Å². The van der Waals surface area contributed by atoms with Crippen LogP contribution in [-0.4, -0.2) is 19.7 Å². The smallest absolute Gasteiger partial charge is 0.273 e. The second-order valence-corrected chi connectivity index (χ2v) is 4.99. The summed E-state index contributed by atoms with van der Waals surface area (Å²) in [5.41, 5.74) is 1.48. The fourth-order valence-electron chi connectivity index (χ4n) is 2.16. The molecule has 6 nitrogen and oxygen atoms in total. The summed E-state index contributed by atoms with van der Waals surface area (Å²) in [5, 5.41) is 20.0. The van der Waals surface area contributed by atoms with Crippen LogP contribution >= 0.6 is 15.9 Å². The number of alkyl halides is 1. The summed E-state index contributed by atoms with van der Waals surface area (Å²) in [5.74, 6) is 1.51. The highest BCUT2D eigenvalue weighted by Crippen LogP contribution is 2.29. The van der Waals surface area contributed by atoms with Crippen molar-refractivity contribution in [3.05, 3.63) is 39.7 Å². The van der Waals surface area contributed by atoms with Gasteiger partial charge < -0.3 is 4.57 Å². The molecule has 0 saturated heterocycles. The Labute approximate surface area is 125 Å². The van der Waals surface area contributed by atoms with Gasteiger partial charge in [-0.05, 0) is 13.3 Å². The van der Waals surface area contributed by atoms with E-state index in [1.807, 2.05) is 10.6 Å².